The predicted octanol–water partition coefficient (Wildman–Crippen LogP) is 2.47. The van der Waals surface area contributed by atoms with E-state index in [1.807, 2.05) is 0 Å². The number of hydrogen-bond donors (Lipinski definition) is 1. The molecule has 2 rings (SSSR count). The second-order valence-corrected chi connectivity index (χ2v) is 4.87. The number of hydrogen-bond acceptors (Lipinski definition) is 2. The van der Waals surface area contributed by atoms with Gasteiger partial charge in [0.05, 0.1) is 0 Å². The van der Waals surface area contributed by atoms with Crippen LogP contribution in [-0.4, -0.2) is 18.9 Å². The van der Waals surface area contributed by atoms with Crippen molar-refractivity contribution in [1.82, 2.24) is 5.32 Å². The van der Waals surface area contributed by atoms with Gasteiger partial charge in [-0.1, -0.05) is 0 Å². The summed E-state index contributed by atoms with van der Waals surface area (Å²) in [6.07, 6.45) is 2.54. The van der Waals surface area contributed by atoms with Gasteiger partial charge in [-0.3, -0.25) is 4.79 Å². The predicted molar refractivity (Wildman–Crippen MR) is 65.3 cm³/mol. The molecule has 0 amide bonds. The van der Waals surface area contributed by atoms with Gasteiger partial charge in [0.2, 0.25) is 0 Å². The fourth-order valence-corrected chi connectivity index (χ4v) is 2.38. The maximum Gasteiger partial charge on any atom is 0.137 e. The van der Waals surface area contributed by atoms with Crippen LogP contribution in [0.4, 0.5) is 8.78 Å². The van der Waals surface area contributed by atoms with Gasteiger partial charge in [-0.2, -0.15) is 0 Å². The number of carbonyl (C=O) groups is 1. The molecule has 0 bridgehead atoms. The van der Waals surface area contributed by atoms with E-state index in [4.69, 9.17) is 0 Å². The summed E-state index contributed by atoms with van der Waals surface area (Å²) < 4.78 is 26.3. The highest BCUT2D eigenvalue weighted by atomic mass is 19.1. The molecule has 0 aromatic heterocycles. The normalized spacial score (nSPS) is 19.8. The fourth-order valence-electron chi connectivity index (χ4n) is 2.38. The molecular formula is C14H17F2NO. The average molecular weight is 253 g/mol. The zero-order valence-electron chi connectivity index (χ0n) is 10.2. The van der Waals surface area contributed by atoms with E-state index in [-0.39, 0.29) is 17.8 Å². The minimum absolute atomic E-state index is 0.0138. The molecule has 98 valence electrons. The van der Waals surface area contributed by atoms with E-state index in [0.717, 1.165) is 44.1 Å². The van der Waals surface area contributed by atoms with Crippen molar-refractivity contribution < 1.29 is 13.6 Å². The van der Waals surface area contributed by atoms with Crippen molar-refractivity contribution in [3.05, 3.63) is 35.4 Å². The Hall–Kier alpha value is -1.29. The highest BCUT2D eigenvalue weighted by Gasteiger charge is 2.18. The highest BCUT2D eigenvalue weighted by Crippen LogP contribution is 2.17. The van der Waals surface area contributed by atoms with Crippen LogP contribution in [0, 0.1) is 17.6 Å². The molecule has 0 saturated carbocycles. The number of rotatable bonds is 4. The Balaban J connectivity index is 1.92. The molecule has 0 radical (unpaired) electrons. The summed E-state index contributed by atoms with van der Waals surface area (Å²) in [6, 6.07) is 3.24. The molecule has 1 unspecified atom stereocenters. The summed E-state index contributed by atoms with van der Waals surface area (Å²) in [5, 5.41) is 3.24. The van der Waals surface area contributed by atoms with E-state index in [2.05, 4.69) is 5.32 Å². The van der Waals surface area contributed by atoms with Crippen LogP contribution in [0.15, 0.2) is 18.2 Å². The van der Waals surface area contributed by atoms with Crippen LogP contribution in [-0.2, 0) is 11.2 Å². The van der Waals surface area contributed by atoms with Gasteiger partial charge in [-0.25, -0.2) is 8.78 Å². The summed E-state index contributed by atoms with van der Waals surface area (Å²) in [4.78, 5) is 11.8. The van der Waals surface area contributed by atoms with Gasteiger partial charge in [0, 0.05) is 12.8 Å². The lowest BCUT2D eigenvalue weighted by Gasteiger charge is -2.21. The minimum atomic E-state index is -0.508. The number of piperidine rings is 1. The molecule has 0 aliphatic carbocycles. The Morgan fingerprint density at radius 3 is 2.94 bits per heavy atom. The van der Waals surface area contributed by atoms with Gasteiger partial charge in [-0.15, -0.1) is 0 Å². The van der Waals surface area contributed by atoms with Gasteiger partial charge in [0.15, 0.2) is 0 Å². The molecule has 4 heteroatoms. The average Bonchev–Trinajstić information content (AvgIpc) is 2.35. The lowest BCUT2D eigenvalue weighted by atomic mass is 9.92. The summed E-state index contributed by atoms with van der Waals surface area (Å²) in [6.45, 7) is 1.85. The third kappa shape index (κ3) is 3.60. The Morgan fingerprint density at radius 1 is 1.39 bits per heavy atom. The van der Waals surface area contributed by atoms with Crippen LogP contribution in [0.25, 0.3) is 0 Å². The first-order valence-electron chi connectivity index (χ1n) is 6.31. The van der Waals surface area contributed by atoms with E-state index in [1.54, 1.807) is 0 Å². The second kappa shape index (κ2) is 6.05. The lowest BCUT2D eigenvalue weighted by Crippen LogP contribution is -2.31. The Kier molecular flexibility index (Phi) is 4.42. The topological polar surface area (TPSA) is 29.1 Å². The van der Waals surface area contributed by atoms with Crippen molar-refractivity contribution in [2.75, 3.05) is 13.1 Å². The molecule has 1 N–H and O–H groups in total. The number of halogens is 2. The summed E-state index contributed by atoms with van der Waals surface area (Å²) >= 11 is 0. The molecular weight excluding hydrogens is 236 g/mol. The molecule has 18 heavy (non-hydrogen) atoms. The third-order valence-corrected chi connectivity index (χ3v) is 3.31. The van der Waals surface area contributed by atoms with Crippen LogP contribution in [0.1, 0.15) is 24.8 Å². The number of carbonyl (C=O) groups excluding carboxylic acids is 1. The maximum absolute atomic E-state index is 13.4. The molecule has 1 saturated heterocycles. The zero-order valence-corrected chi connectivity index (χ0v) is 10.2. The van der Waals surface area contributed by atoms with Gasteiger partial charge in [0.25, 0.3) is 0 Å². The molecule has 1 aromatic carbocycles. The molecule has 1 aromatic rings. The van der Waals surface area contributed by atoms with Crippen LogP contribution < -0.4 is 5.32 Å². The van der Waals surface area contributed by atoms with Crippen LogP contribution in [0.2, 0.25) is 0 Å². The molecule has 2 nitrogen and oxygen atoms in total. The molecule has 1 fully saturated rings. The fraction of sp³-hybridized carbons (Fsp3) is 0.500. The van der Waals surface area contributed by atoms with Crippen LogP contribution in [0.5, 0.6) is 0 Å². The van der Waals surface area contributed by atoms with Gasteiger partial charge in [0.1, 0.15) is 17.4 Å². The maximum atomic E-state index is 13.4. The molecule has 1 aliphatic heterocycles. The SMILES string of the molecule is O=C(Cc1cc(F)ccc1F)CC1CCCNC1. The third-order valence-electron chi connectivity index (χ3n) is 3.31. The number of Topliss-reactive ketones (excluding diaryl/α,β-unsaturated/α-hetero) is 1. The first-order valence-corrected chi connectivity index (χ1v) is 6.31. The molecule has 1 atom stereocenters. The Bertz CT molecular complexity index is 428. The Morgan fingerprint density at radius 2 is 2.22 bits per heavy atom. The number of benzene rings is 1. The number of ketones is 1. The second-order valence-electron chi connectivity index (χ2n) is 4.87. The van der Waals surface area contributed by atoms with Crippen LogP contribution >= 0.6 is 0 Å². The quantitative estimate of drug-likeness (QED) is 0.893. The molecule has 1 heterocycles. The molecule has 0 spiro atoms. The summed E-state index contributed by atoms with van der Waals surface area (Å²) in [7, 11) is 0. The van der Waals surface area contributed by atoms with E-state index in [9.17, 15) is 13.6 Å². The standard InChI is InChI=1S/C14H17F2NO/c15-12-3-4-14(16)11(7-12)8-13(18)6-10-2-1-5-17-9-10/h3-4,7,10,17H,1-2,5-6,8-9H2. The van der Waals surface area contributed by atoms with Crippen molar-refractivity contribution in [3.8, 4) is 0 Å². The van der Waals surface area contributed by atoms with Crippen LogP contribution in [0.3, 0.4) is 0 Å². The van der Waals surface area contributed by atoms with E-state index < -0.39 is 11.6 Å². The van der Waals surface area contributed by atoms with Gasteiger partial charge < -0.3 is 5.32 Å². The summed E-state index contributed by atoms with van der Waals surface area (Å²) in [5.41, 5.74) is 0.156. The first kappa shape index (κ1) is 13.1. The van der Waals surface area contributed by atoms with Gasteiger partial charge in [-0.05, 0) is 55.6 Å². The van der Waals surface area contributed by atoms with Crippen molar-refractivity contribution in [2.24, 2.45) is 5.92 Å². The van der Waals surface area contributed by atoms with Crippen molar-refractivity contribution >= 4 is 5.78 Å². The largest absolute Gasteiger partial charge is 0.316 e. The Labute approximate surface area is 105 Å². The number of nitrogens with one attached hydrogen (secondary N) is 1. The highest BCUT2D eigenvalue weighted by molar-refractivity contribution is 5.81. The molecule has 1 aliphatic rings. The van der Waals surface area contributed by atoms with Crippen molar-refractivity contribution in [3.63, 3.8) is 0 Å². The van der Waals surface area contributed by atoms with Crippen molar-refractivity contribution in [1.29, 1.82) is 0 Å². The summed E-state index contributed by atoms with van der Waals surface area (Å²) in [5.74, 6) is -0.693. The zero-order chi connectivity index (χ0) is 13.0. The lowest BCUT2D eigenvalue weighted by molar-refractivity contribution is -0.119. The van der Waals surface area contributed by atoms with E-state index in [0.29, 0.717) is 12.3 Å². The minimum Gasteiger partial charge on any atom is -0.316 e. The van der Waals surface area contributed by atoms with E-state index in [1.165, 1.54) is 0 Å². The smallest absolute Gasteiger partial charge is 0.137 e. The first-order chi connectivity index (χ1) is 8.65. The van der Waals surface area contributed by atoms with Crippen molar-refractivity contribution in [2.45, 2.75) is 25.7 Å². The monoisotopic (exact) mass is 253 g/mol. The van der Waals surface area contributed by atoms with E-state index >= 15 is 0 Å². The van der Waals surface area contributed by atoms with Gasteiger partial charge >= 0.3 is 0 Å².